The molecule has 1 aliphatic heterocycles. The summed E-state index contributed by atoms with van der Waals surface area (Å²) >= 11 is 0. The highest BCUT2D eigenvalue weighted by Gasteiger charge is 2.35. The Bertz CT molecular complexity index is 1100. The van der Waals surface area contributed by atoms with Gasteiger partial charge in [0.2, 0.25) is 11.9 Å². The number of nitrogens with one attached hydrogen (secondary N) is 3. The van der Waals surface area contributed by atoms with E-state index in [0.717, 1.165) is 17.5 Å². The van der Waals surface area contributed by atoms with Gasteiger partial charge in [-0.1, -0.05) is 0 Å². The van der Waals surface area contributed by atoms with E-state index in [1.165, 1.54) is 0 Å². The molecule has 11 heteroatoms. The molecule has 0 spiro atoms. The lowest BCUT2D eigenvalue weighted by atomic mass is 10.1. The fourth-order valence-electron chi connectivity index (χ4n) is 3.12. The van der Waals surface area contributed by atoms with Gasteiger partial charge < -0.3 is 16.0 Å². The highest BCUT2D eigenvalue weighted by molar-refractivity contribution is 5.99. The second-order valence-electron chi connectivity index (χ2n) is 6.93. The van der Waals surface area contributed by atoms with Gasteiger partial charge in [-0.25, -0.2) is 4.98 Å². The molecule has 1 aliphatic rings. The van der Waals surface area contributed by atoms with Crippen LogP contribution >= 0.6 is 0 Å². The van der Waals surface area contributed by atoms with Crippen molar-refractivity contribution in [3.8, 4) is 0 Å². The van der Waals surface area contributed by atoms with Gasteiger partial charge in [-0.05, 0) is 36.8 Å². The molecule has 2 aromatic heterocycles. The van der Waals surface area contributed by atoms with E-state index in [4.69, 9.17) is 0 Å². The molecule has 0 aliphatic carbocycles. The maximum atomic E-state index is 13.4. The zero-order valence-electron chi connectivity index (χ0n) is 16.1. The second kappa shape index (κ2) is 7.32. The zero-order valence-corrected chi connectivity index (χ0v) is 16.1. The van der Waals surface area contributed by atoms with Crippen LogP contribution in [0.2, 0.25) is 0 Å². The van der Waals surface area contributed by atoms with Crippen molar-refractivity contribution < 1.29 is 18.0 Å². The van der Waals surface area contributed by atoms with Crippen molar-refractivity contribution in [2.45, 2.75) is 26.1 Å². The number of carbonyl (C=O) groups excluding carboxylic acids is 1. The summed E-state index contributed by atoms with van der Waals surface area (Å²) in [6, 6.07) is 6.92. The number of benzene rings is 1. The van der Waals surface area contributed by atoms with Gasteiger partial charge >= 0.3 is 6.18 Å². The van der Waals surface area contributed by atoms with E-state index in [1.807, 2.05) is 6.92 Å². The fraction of sp³-hybridized carbons (Fsp3) is 0.263. The third-order valence-electron chi connectivity index (χ3n) is 4.68. The predicted molar refractivity (Wildman–Crippen MR) is 104 cm³/mol. The Hall–Kier alpha value is -3.63. The van der Waals surface area contributed by atoms with Crippen molar-refractivity contribution in [2.24, 2.45) is 7.05 Å². The van der Waals surface area contributed by atoms with Gasteiger partial charge in [0.1, 0.15) is 11.4 Å². The molecular weight excluding hydrogens is 399 g/mol. The summed E-state index contributed by atoms with van der Waals surface area (Å²) in [5.41, 5.74) is 2.58. The number of rotatable bonds is 5. The van der Waals surface area contributed by atoms with Crippen molar-refractivity contribution >= 4 is 29.0 Å². The minimum absolute atomic E-state index is 0.0000610. The van der Waals surface area contributed by atoms with Crippen LogP contribution in [0.15, 0.2) is 30.5 Å². The van der Waals surface area contributed by atoms with E-state index in [-0.39, 0.29) is 30.6 Å². The predicted octanol–water partition coefficient (Wildman–Crippen LogP) is 3.39. The molecule has 0 bridgehead atoms. The summed E-state index contributed by atoms with van der Waals surface area (Å²) in [5, 5.41) is 12.5. The number of alkyl halides is 3. The van der Waals surface area contributed by atoms with Crippen LogP contribution in [0.4, 0.5) is 36.3 Å². The van der Waals surface area contributed by atoms with Crippen LogP contribution in [0, 0.1) is 6.92 Å². The Kier molecular flexibility index (Phi) is 4.80. The third kappa shape index (κ3) is 4.04. The molecule has 1 amide bonds. The number of fused-ring (bicyclic) bond motifs is 1. The quantitative estimate of drug-likeness (QED) is 0.589. The smallest absolute Gasteiger partial charge is 0.364 e. The molecule has 3 N–H and O–H groups in total. The van der Waals surface area contributed by atoms with Crippen LogP contribution in [0.3, 0.4) is 0 Å². The normalized spacial score (nSPS) is 13.2. The average Bonchev–Trinajstić information content (AvgIpc) is 3.19. The number of aromatic nitrogens is 4. The maximum Gasteiger partial charge on any atom is 0.421 e. The van der Waals surface area contributed by atoms with Crippen LogP contribution in [0.5, 0.6) is 0 Å². The van der Waals surface area contributed by atoms with Gasteiger partial charge in [-0.3, -0.25) is 9.48 Å². The van der Waals surface area contributed by atoms with Crippen LogP contribution in [-0.2, 0) is 31.0 Å². The first-order chi connectivity index (χ1) is 14.2. The standard InChI is InChI=1S/C19H18F3N7O/c1-10-5-13(28-29(10)2)8-23-17-14(19(20,21)22)9-24-18(27-17)25-12-3-4-15-11(6-12)7-16(30)26-15/h3-6,9H,7-8H2,1-2H3,(H,26,30)(H2,23,24,25,27). The van der Waals surface area contributed by atoms with Crippen LogP contribution in [-0.4, -0.2) is 25.7 Å². The Morgan fingerprint density at radius 3 is 2.77 bits per heavy atom. The average molecular weight is 417 g/mol. The van der Waals surface area contributed by atoms with E-state index in [2.05, 4.69) is 31.0 Å². The molecule has 0 unspecified atom stereocenters. The Morgan fingerprint density at radius 2 is 2.07 bits per heavy atom. The molecule has 0 saturated carbocycles. The molecule has 8 nitrogen and oxygen atoms in total. The zero-order chi connectivity index (χ0) is 21.5. The summed E-state index contributed by atoms with van der Waals surface area (Å²) in [4.78, 5) is 19.3. The Balaban J connectivity index is 1.58. The Morgan fingerprint density at radius 1 is 1.27 bits per heavy atom. The highest BCUT2D eigenvalue weighted by atomic mass is 19.4. The van der Waals surface area contributed by atoms with Crippen molar-refractivity contribution in [3.63, 3.8) is 0 Å². The lowest BCUT2D eigenvalue weighted by Crippen LogP contribution is -2.14. The molecule has 0 fully saturated rings. The summed E-state index contributed by atoms with van der Waals surface area (Å²) in [7, 11) is 1.76. The van der Waals surface area contributed by atoms with E-state index in [1.54, 1.807) is 36.0 Å². The van der Waals surface area contributed by atoms with Crippen molar-refractivity contribution in [3.05, 3.63) is 53.0 Å². The van der Waals surface area contributed by atoms with E-state index >= 15 is 0 Å². The van der Waals surface area contributed by atoms with Crippen molar-refractivity contribution in [1.82, 2.24) is 19.7 Å². The minimum atomic E-state index is -4.61. The van der Waals surface area contributed by atoms with Gasteiger partial charge in [0.15, 0.2) is 0 Å². The molecule has 156 valence electrons. The van der Waals surface area contributed by atoms with Crippen LogP contribution in [0.25, 0.3) is 0 Å². The molecule has 4 rings (SSSR count). The molecule has 3 aromatic rings. The van der Waals surface area contributed by atoms with Crippen molar-refractivity contribution in [2.75, 3.05) is 16.0 Å². The van der Waals surface area contributed by atoms with Gasteiger partial charge in [-0.15, -0.1) is 0 Å². The first-order valence-electron chi connectivity index (χ1n) is 9.06. The first kappa shape index (κ1) is 19.7. The van der Waals surface area contributed by atoms with Gasteiger partial charge in [-0.2, -0.15) is 23.3 Å². The summed E-state index contributed by atoms with van der Waals surface area (Å²) in [5.74, 6) is -0.453. The Labute approximate surface area is 169 Å². The summed E-state index contributed by atoms with van der Waals surface area (Å²) in [6.45, 7) is 1.93. The molecule has 30 heavy (non-hydrogen) atoms. The lowest BCUT2D eigenvalue weighted by Gasteiger charge is -2.14. The summed E-state index contributed by atoms with van der Waals surface area (Å²) < 4.78 is 41.8. The van der Waals surface area contributed by atoms with Crippen LogP contribution < -0.4 is 16.0 Å². The number of amides is 1. The number of aryl methyl sites for hydroxylation is 2. The number of halogens is 3. The van der Waals surface area contributed by atoms with Gasteiger partial charge in [0, 0.05) is 30.3 Å². The van der Waals surface area contributed by atoms with Gasteiger partial charge in [0.05, 0.1) is 18.7 Å². The van der Waals surface area contributed by atoms with E-state index < -0.39 is 11.7 Å². The van der Waals surface area contributed by atoms with Crippen molar-refractivity contribution in [1.29, 1.82) is 0 Å². The highest BCUT2D eigenvalue weighted by Crippen LogP contribution is 2.34. The maximum absolute atomic E-state index is 13.4. The number of hydrogen-bond acceptors (Lipinski definition) is 6. The minimum Gasteiger partial charge on any atom is -0.364 e. The molecule has 3 heterocycles. The van der Waals surface area contributed by atoms with Gasteiger partial charge in [0.25, 0.3) is 0 Å². The lowest BCUT2D eigenvalue weighted by molar-refractivity contribution is -0.137. The van der Waals surface area contributed by atoms with Crippen LogP contribution in [0.1, 0.15) is 22.5 Å². The van der Waals surface area contributed by atoms with E-state index in [9.17, 15) is 18.0 Å². The third-order valence-corrected chi connectivity index (χ3v) is 4.68. The largest absolute Gasteiger partial charge is 0.421 e. The molecule has 0 atom stereocenters. The molecule has 0 saturated heterocycles. The summed E-state index contributed by atoms with van der Waals surface area (Å²) in [6.07, 6.45) is -3.63. The molecule has 0 radical (unpaired) electrons. The SMILES string of the molecule is Cc1cc(CNc2nc(Nc3ccc4c(c3)CC(=O)N4)ncc2C(F)(F)F)nn1C. The number of carbonyl (C=O) groups is 1. The fourth-order valence-corrected chi connectivity index (χ4v) is 3.12. The van der Waals surface area contributed by atoms with E-state index in [0.29, 0.717) is 17.1 Å². The number of hydrogen-bond donors (Lipinski definition) is 3. The number of nitrogens with zero attached hydrogens (tertiary/aromatic N) is 4. The topological polar surface area (TPSA) is 96.8 Å². The monoisotopic (exact) mass is 417 g/mol. The first-order valence-corrected chi connectivity index (χ1v) is 9.06. The molecule has 1 aromatic carbocycles. The second-order valence-corrected chi connectivity index (χ2v) is 6.93. The number of anilines is 4. The molecular formula is C19H18F3N7O.